The van der Waals surface area contributed by atoms with Crippen molar-refractivity contribution >= 4 is 21.0 Å². The van der Waals surface area contributed by atoms with Crippen LogP contribution in [-0.2, 0) is 10.0 Å². The number of fused-ring (bicyclic) bond motifs is 1. The van der Waals surface area contributed by atoms with Crippen LogP contribution in [0.5, 0.6) is 5.75 Å². The van der Waals surface area contributed by atoms with E-state index in [1.165, 1.54) is 4.31 Å². The zero-order valence-corrected chi connectivity index (χ0v) is 13.8. The number of rotatable bonds is 5. The highest BCUT2D eigenvalue weighted by atomic mass is 32.2. The first-order chi connectivity index (χ1) is 11.6. The maximum Gasteiger partial charge on any atom is 0.276 e. The van der Waals surface area contributed by atoms with Gasteiger partial charge in [-0.1, -0.05) is 36.4 Å². The van der Waals surface area contributed by atoms with Gasteiger partial charge in [0.05, 0.1) is 6.61 Å². The Balaban J connectivity index is 1.40. The van der Waals surface area contributed by atoms with Crippen molar-refractivity contribution in [2.75, 3.05) is 19.7 Å². The van der Waals surface area contributed by atoms with Crippen molar-refractivity contribution in [3.8, 4) is 5.75 Å². The summed E-state index contributed by atoms with van der Waals surface area (Å²) in [4.78, 5) is 0. The molecule has 6 heteroatoms. The largest absolute Gasteiger partial charge is 0.493 e. The molecule has 1 aliphatic rings. The molecule has 0 N–H and O–H groups in total. The molecule has 2 aromatic carbocycles. The first-order valence-corrected chi connectivity index (χ1v) is 9.23. The predicted octanol–water partition coefficient (Wildman–Crippen LogP) is 3.13. The molecule has 1 saturated heterocycles. The molecule has 0 bridgehead atoms. The second kappa shape index (κ2) is 5.96. The highest BCUT2D eigenvalue weighted by molar-refractivity contribution is 7.89. The van der Waals surface area contributed by atoms with Gasteiger partial charge in [0.2, 0.25) is 5.09 Å². The van der Waals surface area contributed by atoms with Crippen LogP contribution >= 0.6 is 0 Å². The van der Waals surface area contributed by atoms with Gasteiger partial charge in [-0.15, -0.1) is 0 Å². The predicted molar refractivity (Wildman–Crippen MR) is 90.4 cm³/mol. The van der Waals surface area contributed by atoms with E-state index in [-0.39, 0.29) is 11.0 Å². The smallest absolute Gasteiger partial charge is 0.276 e. The molecule has 0 radical (unpaired) electrons. The molecule has 0 aliphatic carbocycles. The maximum absolute atomic E-state index is 12.6. The molecular weight excluding hydrogens is 326 g/mol. The zero-order chi connectivity index (χ0) is 16.6. The molecule has 1 fully saturated rings. The summed E-state index contributed by atoms with van der Waals surface area (Å²) in [5, 5.41) is 0.798. The second-order valence-electron chi connectivity index (χ2n) is 5.92. The van der Waals surface area contributed by atoms with Crippen molar-refractivity contribution in [2.45, 2.75) is 5.09 Å². The van der Waals surface area contributed by atoms with Crippen LogP contribution in [0.15, 0.2) is 70.2 Å². The second-order valence-corrected chi connectivity index (χ2v) is 7.78. The van der Waals surface area contributed by atoms with E-state index in [2.05, 4.69) is 0 Å². The molecule has 124 valence electrons. The van der Waals surface area contributed by atoms with E-state index in [4.69, 9.17) is 9.15 Å². The van der Waals surface area contributed by atoms with Crippen LogP contribution in [0.3, 0.4) is 0 Å². The zero-order valence-electron chi connectivity index (χ0n) is 13.0. The normalized spacial score (nSPS) is 16.2. The fourth-order valence-corrected chi connectivity index (χ4v) is 4.31. The fraction of sp³-hybridized carbons (Fsp3) is 0.222. The van der Waals surface area contributed by atoms with Gasteiger partial charge >= 0.3 is 0 Å². The van der Waals surface area contributed by atoms with Gasteiger partial charge < -0.3 is 9.15 Å². The minimum atomic E-state index is -3.57. The topological polar surface area (TPSA) is 59.8 Å². The van der Waals surface area contributed by atoms with Gasteiger partial charge in [0.15, 0.2) is 0 Å². The average molecular weight is 343 g/mol. The van der Waals surface area contributed by atoms with Crippen LogP contribution in [0.4, 0.5) is 0 Å². The van der Waals surface area contributed by atoms with E-state index in [1.54, 1.807) is 12.1 Å². The number of benzene rings is 2. The van der Waals surface area contributed by atoms with Crippen LogP contribution in [0, 0.1) is 5.92 Å². The third-order valence-corrected chi connectivity index (χ3v) is 5.84. The van der Waals surface area contributed by atoms with Crippen LogP contribution < -0.4 is 4.74 Å². The summed E-state index contributed by atoms with van der Waals surface area (Å²) in [6.45, 7) is 1.41. The fourth-order valence-electron chi connectivity index (χ4n) is 2.77. The number of ether oxygens (including phenoxy) is 1. The lowest BCUT2D eigenvalue weighted by Crippen LogP contribution is -2.51. The van der Waals surface area contributed by atoms with E-state index >= 15 is 0 Å². The van der Waals surface area contributed by atoms with Gasteiger partial charge in [-0.25, -0.2) is 8.42 Å². The lowest BCUT2D eigenvalue weighted by atomic mass is 10.1. The van der Waals surface area contributed by atoms with Gasteiger partial charge in [-0.05, 0) is 18.2 Å². The quantitative estimate of drug-likeness (QED) is 0.714. The first-order valence-electron chi connectivity index (χ1n) is 7.79. The summed E-state index contributed by atoms with van der Waals surface area (Å²) in [5.74, 6) is 1.00. The molecule has 4 rings (SSSR count). The third kappa shape index (κ3) is 2.79. The van der Waals surface area contributed by atoms with Crippen molar-refractivity contribution < 1.29 is 17.6 Å². The number of furan rings is 1. The molecule has 1 aliphatic heterocycles. The SMILES string of the molecule is O=S(=O)(c1cc2ccccc2o1)N1CC(COc2ccccc2)C1. The molecule has 0 amide bonds. The molecule has 0 saturated carbocycles. The standard InChI is InChI=1S/C18H17NO4S/c20-24(21,18-10-15-6-4-5-9-17(15)23-18)19-11-14(12-19)13-22-16-7-2-1-3-8-16/h1-10,14H,11-13H2. The molecule has 24 heavy (non-hydrogen) atoms. The Bertz CT molecular complexity index is 910. The number of para-hydroxylation sites is 2. The summed E-state index contributed by atoms with van der Waals surface area (Å²) in [6, 6.07) is 18.4. The summed E-state index contributed by atoms with van der Waals surface area (Å²) in [5.41, 5.74) is 0.584. The molecule has 5 nitrogen and oxygen atoms in total. The average Bonchev–Trinajstić information content (AvgIpc) is 2.99. The molecular formula is C18H17NO4S. The van der Waals surface area contributed by atoms with E-state index in [0.717, 1.165) is 11.1 Å². The molecule has 0 atom stereocenters. The highest BCUT2D eigenvalue weighted by Gasteiger charge is 2.38. The summed E-state index contributed by atoms with van der Waals surface area (Å²) >= 11 is 0. The Kier molecular flexibility index (Phi) is 3.78. The highest BCUT2D eigenvalue weighted by Crippen LogP contribution is 2.29. The minimum absolute atomic E-state index is 0.00567. The van der Waals surface area contributed by atoms with E-state index in [1.807, 2.05) is 48.5 Å². The number of hydrogen-bond acceptors (Lipinski definition) is 4. The van der Waals surface area contributed by atoms with Gasteiger partial charge in [0.1, 0.15) is 11.3 Å². The maximum atomic E-state index is 12.6. The number of hydrogen-bond donors (Lipinski definition) is 0. The summed E-state index contributed by atoms with van der Waals surface area (Å²) < 4.78 is 37.8. The Morgan fingerprint density at radius 1 is 1.04 bits per heavy atom. The van der Waals surface area contributed by atoms with Crippen molar-refractivity contribution in [3.05, 3.63) is 60.7 Å². The molecule has 3 aromatic rings. The minimum Gasteiger partial charge on any atom is -0.493 e. The third-order valence-electron chi connectivity index (χ3n) is 4.15. The Morgan fingerprint density at radius 2 is 1.75 bits per heavy atom. The van der Waals surface area contributed by atoms with E-state index in [0.29, 0.717) is 25.3 Å². The number of sulfonamides is 1. The Morgan fingerprint density at radius 3 is 2.50 bits per heavy atom. The Hall–Kier alpha value is -2.31. The van der Waals surface area contributed by atoms with E-state index < -0.39 is 10.0 Å². The molecule has 2 heterocycles. The van der Waals surface area contributed by atoms with Crippen LogP contribution in [0.1, 0.15) is 0 Å². The summed E-state index contributed by atoms with van der Waals surface area (Å²) in [6.07, 6.45) is 0. The van der Waals surface area contributed by atoms with Crippen molar-refractivity contribution in [2.24, 2.45) is 5.92 Å². The van der Waals surface area contributed by atoms with Gasteiger partial charge in [0, 0.05) is 30.5 Å². The number of nitrogens with zero attached hydrogens (tertiary/aromatic N) is 1. The molecule has 0 unspecified atom stereocenters. The van der Waals surface area contributed by atoms with E-state index in [9.17, 15) is 8.42 Å². The van der Waals surface area contributed by atoms with Crippen LogP contribution in [0.2, 0.25) is 0 Å². The summed E-state index contributed by atoms with van der Waals surface area (Å²) in [7, 11) is -3.57. The lowest BCUT2D eigenvalue weighted by molar-refractivity contribution is 0.128. The first kappa shape index (κ1) is 15.2. The Labute approximate surface area is 140 Å². The van der Waals surface area contributed by atoms with Gasteiger partial charge in [0.25, 0.3) is 10.0 Å². The van der Waals surface area contributed by atoms with Gasteiger partial charge in [-0.2, -0.15) is 4.31 Å². The molecule has 0 spiro atoms. The van der Waals surface area contributed by atoms with Crippen LogP contribution in [0.25, 0.3) is 11.0 Å². The lowest BCUT2D eigenvalue weighted by Gasteiger charge is -2.37. The van der Waals surface area contributed by atoms with Crippen molar-refractivity contribution in [3.63, 3.8) is 0 Å². The van der Waals surface area contributed by atoms with Crippen molar-refractivity contribution in [1.82, 2.24) is 4.31 Å². The van der Waals surface area contributed by atoms with Crippen molar-refractivity contribution in [1.29, 1.82) is 0 Å². The monoisotopic (exact) mass is 343 g/mol. The van der Waals surface area contributed by atoms with Gasteiger partial charge in [-0.3, -0.25) is 0 Å². The molecule has 1 aromatic heterocycles. The van der Waals surface area contributed by atoms with Crippen LogP contribution in [-0.4, -0.2) is 32.4 Å².